The van der Waals surface area contributed by atoms with Crippen LogP contribution in [0.1, 0.15) is 52.9 Å². The molecule has 1 N–H and O–H groups in total. The van der Waals surface area contributed by atoms with Gasteiger partial charge >= 0.3 is 0 Å². The van der Waals surface area contributed by atoms with Gasteiger partial charge in [0.15, 0.2) is 0 Å². The average molecular weight is 263 g/mol. The van der Waals surface area contributed by atoms with Crippen molar-refractivity contribution in [2.24, 2.45) is 11.8 Å². The summed E-state index contributed by atoms with van der Waals surface area (Å²) in [5.41, 5.74) is -0.266. The third-order valence-electron chi connectivity index (χ3n) is 5.02. The molecule has 3 nitrogen and oxygen atoms in total. The molecule has 19 heavy (non-hydrogen) atoms. The molecule has 3 atom stereocenters. The molecule has 0 amide bonds. The maximum Gasteiger partial charge on any atom is 0.106 e. The summed E-state index contributed by atoms with van der Waals surface area (Å²) in [7, 11) is 0. The van der Waals surface area contributed by atoms with Crippen molar-refractivity contribution in [3.8, 4) is 6.07 Å². The van der Waals surface area contributed by atoms with Crippen molar-refractivity contribution >= 4 is 0 Å². The molecule has 3 unspecified atom stereocenters. The summed E-state index contributed by atoms with van der Waals surface area (Å²) in [5, 5.41) is 13.1. The van der Waals surface area contributed by atoms with Crippen LogP contribution >= 0.6 is 0 Å². The van der Waals surface area contributed by atoms with E-state index in [0.29, 0.717) is 6.04 Å². The Kier molecular flexibility index (Phi) is 4.86. The van der Waals surface area contributed by atoms with Crippen LogP contribution in [0.5, 0.6) is 0 Å². The number of hydrogen-bond acceptors (Lipinski definition) is 3. The Balaban J connectivity index is 1.74. The summed E-state index contributed by atoms with van der Waals surface area (Å²) in [5.74, 6) is 1.66. The van der Waals surface area contributed by atoms with E-state index in [1.54, 1.807) is 0 Å². The molecule has 0 bridgehead atoms. The van der Waals surface area contributed by atoms with Gasteiger partial charge in [0.05, 0.1) is 6.07 Å². The molecule has 1 aliphatic carbocycles. The molecular formula is C16H29N3. The summed E-state index contributed by atoms with van der Waals surface area (Å²) in [6.45, 7) is 10.5. The van der Waals surface area contributed by atoms with E-state index in [0.717, 1.165) is 37.6 Å². The SMILES string of the molecule is CCC(C#N)(CCCN1CC(C)C(C)C1)NC1CC1. The van der Waals surface area contributed by atoms with Crippen LogP contribution in [-0.2, 0) is 0 Å². The monoisotopic (exact) mass is 263 g/mol. The second-order valence-electron chi connectivity index (χ2n) is 6.78. The summed E-state index contributed by atoms with van der Waals surface area (Å²) in [6.07, 6.45) is 5.57. The van der Waals surface area contributed by atoms with Crippen LogP contribution in [0.15, 0.2) is 0 Å². The fourth-order valence-electron chi connectivity index (χ4n) is 3.17. The second kappa shape index (κ2) is 6.24. The number of nitrogens with zero attached hydrogens (tertiary/aromatic N) is 2. The zero-order valence-electron chi connectivity index (χ0n) is 12.8. The zero-order chi connectivity index (χ0) is 13.9. The van der Waals surface area contributed by atoms with Crippen molar-refractivity contribution in [2.75, 3.05) is 19.6 Å². The average Bonchev–Trinajstić information content (AvgIpc) is 3.15. The van der Waals surface area contributed by atoms with Crippen LogP contribution in [0.25, 0.3) is 0 Å². The van der Waals surface area contributed by atoms with Gasteiger partial charge in [-0.3, -0.25) is 5.32 Å². The van der Waals surface area contributed by atoms with Gasteiger partial charge in [0.2, 0.25) is 0 Å². The zero-order valence-corrected chi connectivity index (χ0v) is 12.8. The van der Waals surface area contributed by atoms with Gasteiger partial charge in [-0.1, -0.05) is 20.8 Å². The van der Waals surface area contributed by atoms with E-state index >= 15 is 0 Å². The smallest absolute Gasteiger partial charge is 0.106 e. The molecule has 0 aromatic rings. The molecule has 108 valence electrons. The van der Waals surface area contributed by atoms with Crippen molar-refractivity contribution < 1.29 is 0 Å². The van der Waals surface area contributed by atoms with Gasteiger partial charge in [-0.2, -0.15) is 5.26 Å². The first-order chi connectivity index (χ1) is 9.08. The Morgan fingerprint density at radius 3 is 2.37 bits per heavy atom. The van der Waals surface area contributed by atoms with Gasteiger partial charge in [0, 0.05) is 19.1 Å². The lowest BCUT2D eigenvalue weighted by Crippen LogP contribution is -2.45. The van der Waals surface area contributed by atoms with Crippen molar-refractivity contribution in [3.05, 3.63) is 0 Å². The lowest BCUT2D eigenvalue weighted by Gasteiger charge is -2.27. The summed E-state index contributed by atoms with van der Waals surface area (Å²) < 4.78 is 0. The lowest BCUT2D eigenvalue weighted by molar-refractivity contribution is 0.286. The third-order valence-corrected chi connectivity index (χ3v) is 5.02. The van der Waals surface area contributed by atoms with E-state index < -0.39 is 0 Å². The first-order valence-corrected chi connectivity index (χ1v) is 8.00. The van der Waals surface area contributed by atoms with Gasteiger partial charge in [0.25, 0.3) is 0 Å². The number of hydrogen-bond donors (Lipinski definition) is 1. The van der Waals surface area contributed by atoms with Crippen molar-refractivity contribution in [1.82, 2.24) is 10.2 Å². The molecule has 2 aliphatic rings. The predicted octanol–water partition coefficient (Wildman–Crippen LogP) is 2.78. The number of likely N-dealkylation sites (tertiary alicyclic amines) is 1. The molecule has 1 aliphatic heterocycles. The largest absolute Gasteiger partial charge is 0.303 e. The maximum atomic E-state index is 9.50. The Labute approximate surface area is 118 Å². The minimum Gasteiger partial charge on any atom is -0.303 e. The molecule has 2 rings (SSSR count). The topological polar surface area (TPSA) is 39.1 Å². The molecule has 1 saturated heterocycles. The fourth-order valence-corrected chi connectivity index (χ4v) is 3.17. The van der Waals surface area contributed by atoms with Crippen LogP contribution in [0.4, 0.5) is 0 Å². The predicted molar refractivity (Wildman–Crippen MR) is 78.8 cm³/mol. The van der Waals surface area contributed by atoms with E-state index in [1.807, 2.05) is 0 Å². The Morgan fingerprint density at radius 2 is 1.89 bits per heavy atom. The summed E-state index contributed by atoms with van der Waals surface area (Å²) in [4.78, 5) is 2.57. The lowest BCUT2D eigenvalue weighted by atomic mass is 9.91. The number of nitrogens with one attached hydrogen (secondary N) is 1. The number of rotatable bonds is 7. The van der Waals surface area contributed by atoms with Gasteiger partial charge in [-0.25, -0.2) is 0 Å². The molecule has 3 heteroatoms. The normalized spacial score (nSPS) is 31.1. The van der Waals surface area contributed by atoms with Crippen LogP contribution in [0.2, 0.25) is 0 Å². The first-order valence-electron chi connectivity index (χ1n) is 8.00. The molecule has 0 radical (unpaired) electrons. The quantitative estimate of drug-likeness (QED) is 0.767. The van der Waals surface area contributed by atoms with Gasteiger partial charge in [-0.05, 0) is 50.5 Å². The van der Waals surface area contributed by atoms with Crippen molar-refractivity contribution in [1.29, 1.82) is 5.26 Å². The minimum absolute atomic E-state index is 0.266. The minimum atomic E-state index is -0.266. The van der Waals surface area contributed by atoms with Crippen molar-refractivity contribution in [2.45, 2.75) is 64.5 Å². The highest BCUT2D eigenvalue weighted by Crippen LogP contribution is 2.27. The molecular weight excluding hydrogens is 234 g/mol. The van der Waals surface area contributed by atoms with Crippen LogP contribution in [0, 0.1) is 23.2 Å². The third kappa shape index (κ3) is 3.94. The highest BCUT2D eigenvalue weighted by Gasteiger charge is 2.35. The first kappa shape index (κ1) is 14.8. The van der Waals surface area contributed by atoms with Crippen LogP contribution in [0.3, 0.4) is 0 Å². The highest BCUT2D eigenvalue weighted by atomic mass is 15.1. The van der Waals surface area contributed by atoms with Crippen LogP contribution < -0.4 is 5.32 Å². The fraction of sp³-hybridized carbons (Fsp3) is 0.938. The molecule has 1 heterocycles. The summed E-state index contributed by atoms with van der Waals surface area (Å²) >= 11 is 0. The summed E-state index contributed by atoms with van der Waals surface area (Å²) in [6, 6.07) is 3.17. The molecule has 0 spiro atoms. The standard InChI is InChI=1S/C16H29N3/c1-4-16(12-17,18-15-6-7-15)8-5-9-19-10-13(2)14(3)11-19/h13-15,18H,4-11H2,1-3H3. The van der Waals surface area contributed by atoms with Gasteiger partial charge in [-0.15, -0.1) is 0 Å². The van der Waals surface area contributed by atoms with E-state index in [4.69, 9.17) is 0 Å². The molecule has 0 aromatic carbocycles. The Morgan fingerprint density at radius 1 is 1.26 bits per heavy atom. The Hall–Kier alpha value is -0.590. The van der Waals surface area contributed by atoms with Crippen molar-refractivity contribution in [3.63, 3.8) is 0 Å². The maximum absolute atomic E-state index is 9.50. The Bertz CT molecular complexity index is 321. The van der Waals surface area contributed by atoms with Gasteiger partial charge < -0.3 is 4.90 Å². The molecule has 2 fully saturated rings. The van der Waals surface area contributed by atoms with E-state index in [2.05, 4.69) is 37.1 Å². The highest BCUT2D eigenvalue weighted by molar-refractivity contribution is 5.09. The number of nitriles is 1. The van der Waals surface area contributed by atoms with E-state index in [-0.39, 0.29) is 5.54 Å². The van der Waals surface area contributed by atoms with Gasteiger partial charge in [0.1, 0.15) is 5.54 Å². The van der Waals surface area contributed by atoms with E-state index in [1.165, 1.54) is 25.9 Å². The molecule has 0 aromatic heterocycles. The van der Waals surface area contributed by atoms with E-state index in [9.17, 15) is 5.26 Å². The second-order valence-corrected chi connectivity index (χ2v) is 6.78. The van der Waals surface area contributed by atoms with Crippen LogP contribution in [-0.4, -0.2) is 36.1 Å². The molecule has 1 saturated carbocycles.